The molecule has 0 unspecified atom stereocenters. The minimum absolute atomic E-state index is 0.00295. The maximum Gasteiger partial charge on any atom is 0.223 e. The molecule has 3 fully saturated rings. The molecule has 2 heterocycles. The first kappa shape index (κ1) is 19.2. The largest absolute Gasteiger partial charge is 0.381 e. The molecule has 0 radical (unpaired) electrons. The summed E-state index contributed by atoms with van der Waals surface area (Å²) in [6.45, 7) is 3.81. The van der Waals surface area contributed by atoms with E-state index in [9.17, 15) is 9.18 Å². The minimum Gasteiger partial charge on any atom is -0.381 e. The van der Waals surface area contributed by atoms with Crippen LogP contribution >= 0.6 is 0 Å². The van der Waals surface area contributed by atoms with Gasteiger partial charge >= 0.3 is 0 Å². The normalized spacial score (nSPS) is 22.5. The highest BCUT2D eigenvalue weighted by Crippen LogP contribution is 2.54. The molecule has 5 nitrogen and oxygen atoms in total. The van der Waals surface area contributed by atoms with Crippen molar-refractivity contribution in [1.29, 1.82) is 5.26 Å². The summed E-state index contributed by atoms with van der Waals surface area (Å²) in [5.41, 5.74) is 1.16. The van der Waals surface area contributed by atoms with Crippen LogP contribution in [0.15, 0.2) is 18.2 Å². The zero-order valence-corrected chi connectivity index (χ0v) is 16.3. The van der Waals surface area contributed by atoms with Gasteiger partial charge in [-0.15, -0.1) is 0 Å². The zero-order valence-electron chi connectivity index (χ0n) is 16.3. The molecule has 4 rings (SSSR count). The lowest BCUT2D eigenvalue weighted by atomic mass is 9.83. The van der Waals surface area contributed by atoms with Gasteiger partial charge in [0.05, 0.1) is 17.3 Å². The van der Waals surface area contributed by atoms with Crippen LogP contribution in [0.1, 0.15) is 44.1 Å². The molecule has 0 atom stereocenters. The highest BCUT2D eigenvalue weighted by molar-refractivity contribution is 5.79. The Morgan fingerprint density at radius 3 is 2.57 bits per heavy atom. The molecule has 1 aliphatic carbocycles. The van der Waals surface area contributed by atoms with Crippen LogP contribution in [0.4, 0.5) is 10.1 Å². The van der Waals surface area contributed by atoms with E-state index in [2.05, 4.69) is 5.32 Å². The molecule has 6 heteroatoms. The van der Waals surface area contributed by atoms with Gasteiger partial charge in [0.25, 0.3) is 0 Å². The SMILES string of the molecule is N#Cc1ccc(N2CCC(C(=O)NCC3(C4CCOCC4)CC3)CC2)c(F)c1. The summed E-state index contributed by atoms with van der Waals surface area (Å²) in [5, 5.41) is 12.1. The van der Waals surface area contributed by atoms with E-state index in [1.807, 2.05) is 11.0 Å². The Hall–Kier alpha value is -2.13. The number of carbonyl (C=O) groups excluding carboxylic acids is 1. The molecule has 1 aromatic rings. The Bertz CT molecular complexity index is 758. The second kappa shape index (κ2) is 8.08. The Balaban J connectivity index is 1.27. The van der Waals surface area contributed by atoms with Gasteiger partial charge in [-0.2, -0.15) is 5.26 Å². The van der Waals surface area contributed by atoms with Crippen LogP contribution in [0.25, 0.3) is 0 Å². The number of nitrogens with one attached hydrogen (secondary N) is 1. The Kier molecular flexibility index (Phi) is 5.54. The molecule has 1 N–H and O–H groups in total. The first-order valence-corrected chi connectivity index (χ1v) is 10.4. The summed E-state index contributed by atoms with van der Waals surface area (Å²) < 4.78 is 19.7. The van der Waals surface area contributed by atoms with Gasteiger partial charge in [-0.25, -0.2) is 4.39 Å². The van der Waals surface area contributed by atoms with Crippen LogP contribution in [-0.2, 0) is 9.53 Å². The monoisotopic (exact) mass is 385 g/mol. The smallest absolute Gasteiger partial charge is 0.223 e. The minimum atomic E-state index is -0.367. The summed E-state index contributed by atoms with van der Waals surface area (Å²) in [7, 11) is 0. The van der Waals surface area contributed by atoms with E-state index in [1.165, 1.54) is 18.9 Å². The van der Waals surface area contributed by atoms with Gasteiger partial charge in [0.2, 0.25) is 5.91 Å². The molecule has 0 bridgehead atoms. The van der Waals surface area contributed by atoms with Crippen LogP contribution in [-0.4, -0.2) is 38.8 Å². The number of hydrogen-bond acceptors (Lipinski definition) is 4. The number of rotatable bonds is 5. The highest BCUT2D eigenvalue weighted by Gasteiger charge is 2.49. The number of nitriles is 1. The number of nitrogens with zero attached hydrogens (tertiary/aromatic N) is 2. The lowest BCUT2D eigenvalue weighted by Crippen LogP contribution is -2.43. The molecule has 2 saturated heterocycles. The average molecular weight is 385 g/mol. The molecule has 0 aromatic heterocycles. The molecule has 150 valence electrons. The van der Waals surface area contributed by atoms with Gasteiger partial charge in [-0.3, -0.25) is 4.79 Å². The summed E-state index contributed by atoms with van der Waals surface area (Å²) in [6, 6.07) is 6.54. The third kappa shape index (κ3) is 4.00. The van der Waals surface area contributed by atoms with Crippen molar-refractivity contribution < 1.29 is 13.9 Å². The molecule has 0 spiro atoms. The fourth-order valence-electron chi connectivity index (χ4n) is 4.82. The van der Waals surface area contributed by atoms with Gasteiger partial charge in [0, 0.05) is 38.8 Å². The van der Waals surface area contributed by atoms with Crippen molar-refractivity contribution in [2.24, 2.45) is 17.3 Å². The van der Waals surface area contributed by atoms with E-state index in [0.717, 1.165) is 45.4 Å². The molecule has 1 aromatic carbocycles. The number of piperidine rings is 1. The van der Waals surface area contributed by atoms with Gasteiger partial charge in [-0.05, 0) is 68.1 Å². The predicted molar refractivity (Wildman–Crippen MR) is 104 cm³/mol. The second-order valence-corrected chi connectivity index (χ2v) is 8.51. The van der Waals surface area contributed by atoms with Crippen LogP contribution in [0, 0.1) is 34.4 Å². The second-order valence-electron chi connectivity index (χ2n) is 8.51. The molecular weight excluding hydrogens is 357 g/mol. The van der Waals surface area contributed by atoms with E-state index >= 15 is 0 Å². The van der Waals surface area contributed by atoms with E-state index in [0.29, 0.717) is 35.7 Å². The Morgan fingerprint density at radius 1 is 1.25 bits per heavy atom. The molecule has 1 saturated carbocycles. The Labute approximate surface area is 165 Å². The summed E-state index contributed by atoms with van der Waals surface area (Å²) in [5.74, 6) is 0.471. The number of anilines is 1. The first-order valence-electron chi connectivity index (χ1n) is 10.4. The number of benzene rings is 1. The number of carbonyl (C=O) groups is 1. The molecule has 28 heavy (non-hydrogen) atoms. The van der Waals surface area contributed by atoms with Gasteiger partial charge in [-0.1, -0.05) is 0 Å². The number of hydrogen-bond donors (Lipinski definition) is 1. The van der Waals surface area contributed by atoms with Crippen molar-refractivity contribution >= 4 is 11.6 Å². The fraction of sp³-hybridized carbons (Fsp3) is 0.636. The van der Waals surface area contributed by atoms with Crippen molar-refractivity contribution in [3.05, 3.63) is 29.6 Å². The summed E-state index contributed by atoms with van der Waals surface area (Å²) in [6.07, 6.45) is 6.13. The van der Waals surface area contributed by atoms with Crippen LogP contribution in [0.3, 0.4) is 0 Å². The third-order valence-electron chi connectivity index (χ3n) is 6.88. The quantitative estimate of drug-likeness (QED) is 0.845. The van der Waals surface area contributed by atoms with Crippen molar-refractivity contribution in [2.75, 3.05) is 37.7 Å². The van der Waals surface area contributed by atoms with Crippen molar-refractivity contribution in [1.82, 2.24) is 5.32 Å². The van der Waals surface area contributed by atoms with Crippen molar-refractivity contribution in [2.45, 2.75) is 38.5 Å². The van der Waals surface area contributed by atoms with Gasteiger partial charge < -0.3 is 15.0 Å². The molecule has 1 amide bonds. The average Bonchev–Trinajstić information content (AvgIpc) is 3.54. The van der Waals surface area contributed by atoms with Crippen LogP contribution < -0.4 is 10.2 Å². The van der Waals surface area contributed by atoms with E-state index < -0.39 is 0 Å². The molecule has 2 aliphatic heterocycles. The lowest BCUT2D eigenvalue weighted by Gasteiger charge is -2.34. The summed E-state index contributed by atoms with van der Waals surface area (Å²) in [4.78, 5) is 14.7. The van der Waals surface area contributed by atoms with E-state index in [1.54, 1.807) is 12.1 Å². The van der Waals surface area contributed by atoms with Crippen molar-refractivity contribution in [3.63, 3.8) is 0 Å². The van der Waals surface area contributed by atoms with E-state index in [-0.39, 0.29) is 17.6 Å². The number of halogens is 1. The van der Waals surface area contributed by atoms with Crippen LogP contribution in [0.5, 0.6) is 0 Å². The maximum absolute atomic E-state index is 14.2. The number of amides is 1. The summed E-state index contributed by atoms with van der Waals surface area (Å²) >= 11 is 0. The maximum atomic E-state index is 14.2. The van der Waals surface area contributed by atoms with Gasteiger partial charge in [0.15, 0.2) is 0 Å². The van der Waals surface area contributed by atoms with Gasteiger partial charge in [0.1, 0.15) is 5.82 Å². The number of ether oxygens (including phenoxy) is 1. The van der Waals surface area contributed by atoms with Crippen LogP contribution in [0.2, 0.25) is 0 Å². The first-order chi connectivity index (χ1) is 13.6. The Morgan fingerprint density at radius 2 is 1.96 bits per heavy atom. The molecule has 3 aliphatic rings. The highest BCUT2D eigenvalue weighted by atomic mass is 19.1. The molecular formula is C22H28FN3O2. The zero-order chi connectivity index (χ0) is 19.6. The predicted octanol–water partition coefficient (Wildman–Crippen LogP) is 3.24. The third-order valence-corrected chi connectivity index (χ3v) is 6.88. The lowest BCUT2D eigenvalue weighted by molar-refractivity contribution is -0.126. The van der Waals surface area contributed by atoms with E-state index in [4.69, 9.17) is 10.00 Å². The van der Waals surface area contributed by atoms with Crippen molar-refractivity contribution in [3.8, 4) is 6.07 Å². The standard InChI is InChI=1S/C22H28FN3O2/c23-19-13-16(14-24)1-2-20(19)26-9-3-17(4-10-26)21(27)25-15-22(7-8-22)18-5-11-28-12-6-18/h1-2,13,17-18H,3-12,15H2,(H,25,27). The topological polar surface area (TPSA) is 65.4 Å². The fourth-order valence-corrected chi connectivity index (χ4v) is 4.82.